The molecule has 1 aliphatic carbocycles. The average molecular weight is 521 g/mol. The molecule has 4 rings (SSSR count). The maximum atomic E-state index is 12.8. The molecule has 0 aliphatic heterocycles. The molecule has 0 spiro atoms. The third-order valence-electron chi connectivity index (χ3n) is 6.85. The predicted molar refractivity (Wildman–Crippen MR) is 140 cm³/mol. The number of methoxy groups -OCH3 is 1. The Bertz CT molecular complexity index is 1350. The minimum atomic E-state index is -1.39. The van der Waals surface area contributed by atoms with Crippen LogP contribution in [0.3, 0.4) is 0 Å². The molecule has 2 N–H and O–H groups in total. The summed E-state index contributed by atoms with van der Waals surface area (Å²) >= 11 is 0. The molecule has 38 heavy (non-hydrogen) atoms. The van der Waals surface area contributed by atoms with Gasteiger partial charge in [-0.2, -0.15) is 0 Å². The second-order valence-electron chi connectivity index (χ2n) is 10.4. The number of carbonyl (C=O) groups is 2. The standard InChI is InChI=1S/C30H32O8/c1-18-6-8-19(9-7-18)27(32)37-16-23-25(26(31)29(2,3)17-30(23,4)34)22-11-10-21(14-24(22)35-5)38-28(33)20-12-13-36-15-20/h6-15,26,31,34H,16-17H2,1-5H3. The fourth-order valence-electron chi connectivity index (χ4n) is 4.89. The molecular weight excluding hydrogens is 488 g/mol. The molecule has 0 bridgehead atoms. The Balaban J connectivity index is 1.72. The number of rotatable bonds is 7. The van der Waals surface area contributed by atoms with Crippen molar-refractivity contribution in [3.05, 3.63) is 88.9 Å². The Morgan fingerprint density at radius 3 is 2.37 bits per heavy atom. The van der Waals surface area contributed by atoms with Crippen LogP contribution in [0, 0.1) is 12.3 Å². The van der Waals surface area contributed by atoms with E-state index in [1.807, 2.05) is 32.9 Å². The number of carbonyl (C=O) groups excluding carboxylic acids is 2. The Morgan fingerprint density at radius 2 is 1.74 bits per heavy atom. The zero-order chi connectivity index (χ0) is 27.7. The van der Waals surface area contributed by atoms with E-state index in [2.05, 4.69) is 0 Å². The highest BCUT2D eigenvalue weighted by Crippen LogP contribution is 2.49. The number of hydrogen-bond acceptors (Lipinski definition) is 8. The number of benzene rings is 2. The van der Waals surface area contributed by atoms with E-state index >= 15 is 0 Å². The first kappa shape index (κ1) is 27.2. The zero-order valence-electron chi connectivity index (χ0n) is 22.1. The molecule has 2 atom stereocenters. The van der Waals surface area contributed by atoms with Crippen molar-refractivity contribution in [3.63, 3.8) is 0 Å². The van der Waals surface area contributed by atoms with Crippen molar-refractivity contribution >= 4 is 17.5 Å². The minimum Gasteiger partial charge on any atom is -0.496 e. The van der Waals surface area contributed by atoms with Crippen molar-refractivity contribution in [2.24, 2.45) is 5.41 Å². The molecule has 3 aromatic rings. The number of ether oxygens (including phenoxy) is 3. The summed E-state index contributed by atoms with van der Waals surface area (Å²) in [5.41, 5.74) is 0.808. The van der Waals surface area contributed by atoms with Gasteiger partial charge in [0.1, 0.15) is 24.4 Å². The molecule has 0 fully saturated rings. The van der Waals surface area contributed by atoms with E-state index in [4.69, 9.17) is 18.6 Å². The van der Waals surface area contributed by atoms with Gasteiger partial charge in [0.15, 0.2) is 0 Å². The van der Waals surface area contributed by atoms with Crippen LogP contribution in [0.1, 0.15) is 59.0 Å². The smallest absolute Gasteiger partial charge is 0.346 e. The van der Waals surface area contributed by atoms with Crippen molar-refractivity contribution in [2.45, 2.75) is 45.8 Å². The van der Waals surface area contributed by atoms with Crippen LogP contribution < -0.4 is 9.47 Å². The highest BCUT2D eigenvalue weighted by Gasteiger charge is 2.47. The average Bonchev–Trinajstić information content (AvgIpc) is 3.40. The molecule has 8 heteroatoms. The number of aliphatic hydroxyl groups excluding tert-OH is 1. The number of aryl methyl sites for hydroxylation is 1. The van der Waals surface area contributed by atoms with Crippen molar-refractivity contribution in [3.8, 4) is 11.5 Å². The van der Waals surface area contributed by atoms with Crippen molar-refractivity contribution < 1.29 is 38.4 Å². The van der Waals surface area contributed by atoms with Gasteiger partial charge in [-0.3, -0.25) is 0 Å². The lowest BCUT2D eigenvalue weighted by Crippen LogP contribution is -2.47. The third kappa shape index (κ3) is 5.51. The predicted octanol–water partition coefficient (Wildman–Crippen LogP) is 4.97. The fraction of sp³-hybridized carbons (Fsp3) is 0.333. The van der Waals surface area contributed by atoms with Gasteiger partial charge in [0.25, 0.3) is 0 Å². The Labute approximate surface area is 221 Å². The van der Waals surface area contributed by atoms with Gasteiger partial charge >= 0.3 is 11.9 Å². The molecule has 2 unspecified atom stereocenters. The normalized spacial score (nSPS) is 20.7. The summed E-state index contributed by atoms with van der Waals surface area (Å²) in [6.45, 7) is 7.04. The lowest BCUT2D eigenvalue weighted by molar-refractivity contribution is -0.0191. The summed E-state index contributed by atoms with van der Waals surface area (Å²) in [4.78, 5) is 25.1. The SMILES string of the molecule is COc1cc(OC(=O)c2ccoc2)ccc1C1=C(COC(=O)c2ccc(C)cc2)C(C)(O)CC(C)(C)C1O. The van der Waals surface area contributed by atoms with Crippen LogP contribution in [-0.2, 0) is 4.74 Å². The van der Waals surface area contributed by atoms with Gasteiger partial charge in [0.2, 0.25) is 0 Å². The lowest BCUT2D eigenvalue weighted by Gasteiger charge is -2.46. The summed E-state index contributed by atoms with van der Waals surface area (Å²) in [6.07, 6.45) is 1.89. The van der Waals surface area contributed by atoms with Crippen LogP contribution in [-0.4, -0.2) is 47.6 Å². The van der Waals surface area contributed by atoms with E-state index in [0.717, 1.165) is 5.56 Å². The van der Waals surface area contributed by atoms with Gasteiger partial charge in [0.05, 0.1) is 36.2 Å². The molecule has 1 heterocycles. The van der Waals surface area contributed by atoms with Crippen LogP contribution in [0.25, 0.3) is 5.57 Å². The van der Waals surface area contributed by atoms with Crippen LogP contribution >= 0.6 is 0 Å². The van der Waals surface area contributed by atoms with Gasteiger partial charge in [0, 0.05) is 17.2 Å². The van der Waals surface area contributed by atoms with Gasteiger partial charge in [-0.1, -0.05) is 31.5 Å². The van der Waals surface area contributed by atoms with Crippen LogP contribution in [0.15, 0.2) is 71.0 Å². The summed E-state index contributed by atoms with van der Waals surface area (Å²) in [7, 11) is 1.46. The van der Waals surface area contributed by atoms with E-state index in [-0.39, 0.29) is 24.3 Å². The van der Waals surface area contributed by atoms with Crippen LogP contribution in [0.4, 0.5) is 0 Å². The summed E-state index contributed by atoms with van der Waals surface area (Å²) in [5.74, 6) is -0.604. The number of furan rings is 1. The zero-order valence-corrected chi connectivity index (χ0v) is 22.1. The summed E-state index contributed by atoms with van der Waals surface area (Å²) in [5, 5.41) is 23.0. The second-order valence-corrected chi connectivity index (χ2v) is 10.4. The number of hydrogen-bond donors (Lipinski definition) is 2. The van der Waals surface area contributed by atoms with E-state index in [0.29, 0.717) is 28.0 Å². The molecule has 0 radical (unpaired) electrons. The van der Waals surface area contributed by atoms with Crippen molar-refractivity contribution in [2.75, 3.05) is 13.7 Å². The van der Waals surface area contributed by atoms with Gasteiger partial charge in [-0.05, 0) is 61.6 Å². The van der Waals surface area contributed by atoms with Gasteiger partial charge in [-0.15, -0.1) is 0 Å². The van der Waals surface area contributed by atoms with E-state index < -0.39 is 29.1 Å². The van der Waals surface area contributed by atoms with E-state index in [1.165, 1.54) is 31.8 Å². The number of esters is 2. The van der Waals surface area contributed by atoms with Crippen LogP contribution in [0.5, 0.6) is 11.5 Å². The molecule has 200 valence electrons. The highest BCUT2D eigenvalue weighted by molar-refractivity contribution is 5.91. The summed E-state index contributed by atoms with van der Waals surface area (Å²) in [6, 6.07) is 13.2. The molecule has 0 saturated carbocycles. The minimum absolute atomic E-state index is 0.223. The largest absolute Gasteiger partial charge is 0.496 e. The van der Waals surface area contributed by atoms with Crippen molar-refractivity contribution in [1.82, 2.24) is 0 Å². The van der Waals surface area contributed by atoms with E-state index in [1.54, 1.807) is 31.2 Å². The molecule has 1 aromatic heterocycles. The highest BCUT2D eigenvalue weighted by atomic mass is 16.5. The van der Waals surface area contributed by atoms with E-state index in [9.17, 15) is 19.8 Å². The molecule has 0 amide bonds. The molecular formula is C30H32O8. The Hall–Kier alpha value is -3.88. The molecule has 1 aliphatic rings. The molecule has 2 aromatic carbocycles. The quantitative estimate of drug-likeness (QED) is 0.332. The van der Waals surface area contributed by atoms with Crippen molar-refractivity contribution in [1.29, 1.82) is 0 Å². The monoisotopic (exact) mass is 520 g/mol. The first-order valence-corrected chi connectivity index (χ1v) is 12.2. The summed E-state index contributed by atoms with van der Waals surface area (Å²) < 4.78 is 21.6. The maximum Gasteiger partial charge on any atom is 0.346 e. The van der Waals surface area contributed by atoms with Gasteiger partial charge < -0.3 is 28.8 Å². The second kappa shape index (κ2) is 10.5. The molecule has 8 nitrogen and oxygen atoms in total. The lowest BCUT2D eigenvalue weighted by atomic mass is 9.64. The number of aliphatic hydroxyl groups is 2. The topological polar surface area (TPSA) is 115 Å². The Kier molecular flexibility index (Phi) is 7.49. The van der Waals surface area contributed by atoms with Crippen LogP contribution in [0.2, 0.25) is 0 Å². The molecule has 0 saturated heterocycles. The fourth-order valence-corrected chi connectivity index (χ4v) is 4.89. The Morgan fingerprint density at radius 1 is 1.03 bits per heavy atom. The first-order chi connectivity index (χ1) is 17.9. The third-order valence-corrected chi connectivity index (χ3v) is 6.85. The first-order valence-electron chi connectivity index (χ1n) is 12.2. The van der Waals surface area contributed by atoms with Gasteiger partial charge in [-0.25, -0.2) is 9.59 Å². The maximum absolute atomic E-state index is 12.8.